The van der Waals surface area contributed by atoms with Crippen LogP contribution in [0.1, 0.15) is 25.8 Å². The quantitative estimate of drug-likeness (QED) is 0.566. The van der Waals surface area contributed by atoms with E-state index in [4.69, 9.17) is 9.47 Å². The van der Waals surface area contributed by atoms with E-state index in [1.807, 2.05) is 55.1 Å². The molecule has 8 heteroatoms. The number of ether oxygens (including phenoxy) is 2. The molecule has 0 spiro atoms. The van der Waals surface area contributed by atoms with Gasteiger partial charge in [0.2, 0.25) is 5.91 Å². The van der Waals surface area contributed by atoms with Crippen LogP contribution in [0.4, 0.5) is 5.69 Å². The third-order valence-corrected chi connectivity index (χ3v) is 6.30. The van der Waals surface area contributed by atoms with E-state index in [1.54, 1.807) is 17.3 Å². The van der Waals surface area contributed by atoms with Crippen molar-refractivity contribution in [1.82, 2.24) is 14.8 Å². The molecule has 2 aliphatic rings. The van der Waals surface area contributed by atoms with Crippen molar-refractivity contribution >= 4 is 17.5 Å². The molecule has 0 saturated carbocycles. The maximum atomic E-state index is 13.6. The standard InChI is InChI=1S/C26H34N4O4/c1-20(2)25-26(32)30(22-6-3-4-7-23(22)34-25)19-24(31)29(18-21-8-10-27-11-9-21)13-5-12-28-14-16-33-17-15-28/h3-4,6-11,20,25H,5,12-19H2,1-2H3. The highest BCUT2D eigenvalue weighted by molar-refractivity contribution is 6.04. The Morgan fingerprint density at radius 3 is 2.62 bits per heavy atom. The predicted octanol–water partition coefficient (Wildman–Crippen LogP) is 2.58. The molecule has 0 aliphatic carbocycles. The fourth-order valence-corrected chi connectivity index (χ4v) is 4.37. The number of pyridine rings is 1. The van der Waals surface area contributed by atoms with Crippen LogP contribution in [0.5, 0.6) is 5.75 Å². The Morgan fingerprint density at radius 2 is 1.88 bits per heavy atom. The highest BCUT2D eigenvalue weighted by Gasteiger charge is 2.37. The Labute approximate surface area is 201 Å². The summed E-state index contributed by atoms with van der Waals surface area (Å²) in [7, 11) is 0. The maximum absolute atomic E-state index is 13.6. The minimum atomic E-state index is -0.599. The van der Waals surface area contributed by atoms with Gasteiger partial charge in [-0.25, -0.2) is 0 Å². The van der Waals surface area contributed by atoms with Crippen LogP contribution < -0.4 is 9.64 Å². The van der Waals surface area contributed by atoms with Gasteiger partial charge in [-0.1, -0.05) is 26.0 Å². The third kappa shape index (κ3) is 5.93. The van der Waals surface area contributed by atoms with Crippen molar-refractivity contribution in [2.45, 2.75) is 32.9 Å². The lowest BCUT2D eigenvalue weighted by Gasteiger charge is -2.36. The van der Waals surface area contributed by atoms with Crippen LogP contribution in [-0.2, 0) is 20.9 Å². The second-order valence-corrected chi connectivity index (χ2v) is 9.15. The number of para-hydroxylation sites is 2. The molecule has 1 fully saturated rings. The van der Waals surface area contributed by atoms with Gasteiger partial charge in [0.1, 0.15) is 12.3 Å². The van der Waals surface area contributed by atoms with Gasteiger partial charge >= 0.3 is 0 Å². The summed E-state index contributed by atoms with van der Waals surface area (Å²) in [5, 5.41) is 0. The van der Waals surface area contributed by atoms with Gasteiger partial charge in [-0.2, -0.15) is 0 Å². The van der Waals surface area contributed by atoms with Crippen molar-refractivity contribution in [3.63, 3.8) is 0 Å². The average Bonchev–Trinajstić information content (AvgIpc) is 2.86. The van der Waals surface area contributed by atoms with Crippen molar-refractivity contribution in [3.05, 3.63) is 54.4 Å². The van der Waals surface area contributed by atoms with Crippen molar-refractivity contribution in [3.8, 4) is 5.75 Å². The van der Waals surface area contributed by atoms with Crippen molar-refractivity contribution in [2.75, 3.05) is 50.8 Å². The summed E-state index contributed by atoms with van der Waals surface area (Å²) in [5.74, 6) is 0.395. The number of rotatable bonds is 9. The molecule has 4 rings (SSSR count). The summed E-state index contributed by atoms with van der Waals surface area (Å²) in [5.41, 5.74) is 1.67. The number of amides is 2. The monoisotopic (exact) mass is 466 g/mol. The maximum Gasteiger partial charge on any atom is 0.268 e. The fourth-order valence-electron chi connectivity index (χ4n) is 4.37. The van der Waals surface area contributed by atoms with E-state index >= 15 is 0 Å². The summed E-state index contributed by atoms with van der Waals surface area (Å²) >= 11 is 0. The second kappa shape index (κ2) is 11.4. The normalized spacial score (nSPS) is 18.5. The highest BCUT2D eigenvalue weighted by Crippen LogP contribution is 2.35. The van der Waals surface area contributed by atoms with Gasteiger partial charge in [-0.05, 0) is 42.2 Å². The molecule has 0 bridgehead atoms. The molecule has 2 aromatic rings. The lowest BCUT2D eigenvalue weighted by atomic mass is 10.0. The summed E-state index contributed by atoms with van der Waals surface area (Å²) < 4.78 is 11.4. The fraction of sp³-hybridized carbons (Fsp3) is 0.500. The molecule has 8 nitrogen and oxygen atoms in total. The first kappa shape index (κ1) is 24.2. The number of nitrogens with zero attached hydrogens (tertiary/aromatic N) is 4. The Morgan fingerprint density at radius 1 is 1.15 bits per heavy atom. The molecule has 2 aliphatic heterocycles. The van der Waals surface area contributed by atoms with Gasteiger partial charge in [0.05, 0.1) is 18.9 Å². The molecular formula is C26H34N4O4. The lowest BCUT2D eigenvalue weighted by molar-refractivity contribution is -0.134. The lowest BCUT2D eigenvalue weighted by Crippen LogP contribution is -2.52. The van der Waals surface area contributed by atoms with Gasteiger partial charge in [0.15, 0.2) is 6.10 Å². The second-order valence-electron chi connectivity index (χ2n) is 9.15. The van der Waals surface area contributed by atoms with Crippen molar-refractivity contribution in [1.29, 1.82) is 0 Å². The topological polar surface area (TPSA) is 75.2 Å². The van der Waals surface area contributed by atoms with Gasteiger partial charge in [-0.15, -0.1) is 0 Å². The number of anilines is 1. The molecule has 182 valence electrons. The predicted molar refractivity (Wildman–Crippen MR) is 130 cm³/mol. The summed E-state index contributed by atoms with van der Waals surface area (Å²) in [6.07, 6.45) is 3.73. The average molecular weight is 467 g/mol. The van der Waals surface area contributed by atoms with E-state index < -0.39 is 6.10 Å². The Hall–Kier alpha value is -2.97. The van der Waals surface area contributed by atoms with E-state index in [1.165, 1.54) is 0 Å². The highest BCUT2D eigenvalue weighted by atomic mass is 16.5. The number of carbonyl (C=O) groups excluding carboxylic acids is 2. The van der Waals surface area contributed by atoms with Gasteiger partial charge in [0.25, 0.3) is 5.91 Å². The molecular weight excluding hydrogens is 432 g/mol. The van der Waals surface area contributed by atoms with Crippen LogP contribution in [-0.4, -0.2) is 78.6 Å². The smallest absolute Gasteiger partial charge is 0.268 e. The van der Waals surface area contributed by atoms with E-state index in [-0.39, 0.29) is 24.3 Å². The molecule has 1 aromatic carbocycles. The van der Waals surface area contributed by atoms with E-state index in [0.29, 0.717) is 24.5 Å². The number of fused-ring (bicyclic) bond motifs is 1. The Balaban J connectivity index is 1.48. The minimum Gasteiger partial charge on any atom is -0.478 e. The number of hydrogen-bond acceptors (Lipinski definition) is 6. The summed E-state index contributed by atoms with van der Waals surface area (Å²) in [4.78, 5) is 36.7. The van der Waals surface area contributed by atoms with Crippen LogP contribution in [0.25, 0.3) is 0 Å². The molecule has 34 heavy (non-hydrogen) atoms. The zero-order chi connectivity index (χ0) is 23.9. The summed E-state index contributed by atoms with van der Waals surface area (Å²) in [6, 6.07) is 11.3. The molecule has 3 heterocycles. The SMILES string of the molecule is CC(C)C1Oc2ccccc2N(CC(=O)N(CCCN2CCOCC2)Cc2ccncc2)C1=O. The molecule has 1 unspecified atom stereocenters. The van der Waals surface area contributed by atoms with Crippen LogP contribution in [0.3, 0.4) is 0 Å². The van der Waals surface area contributed by atoms with Crippen LogP contribution >= 0.6 is 0 Å². The molecule has 1 atom stereocenters. The largest absolute Gasteiger partial charge is 0.478 e. The zero-order valence-corrected chi connectivity index (χ0v) is 20.1. The van der Waals surface area contributed by atoms with E-state index in [0.717, 1.165) is 44.8 Å². The number of morpholine rings is 1. The number of benzene rings is 1. The number of aromatic nitrogens is 1. The minimum absolute atomic E-state index is 0.0000903. The zero-order valence-electron chi connectivity index (χ0n) is 20.1. The van der Waals surface area contributed by atoms with Crippen molar-refractivity contribution in [2.24, 2.45) is 5.92 Å². The van der Waals surface area contributed by atoms with Gasteiger partial charge in [0, 0.05) is 45.1 Å². The van der Waals surface area contributed by atoms with E-state index in [9.17, 15) is 9.59 Å². The molecule has 1 aromatic heterocycles. The number of hydrogen-bond donors (Lipinski definition) is 0. The third-order valence-electron chi connectivity index (χ3n) is 6.30. The van der Waals surface area contributed by atoms with E-state index in [2.05, 4.69) is 9.88 Å². The molecule has 0 N–H and O–H groups in total. The molecule has 2 amide bonds. The van der Waals surface area contributed by atoms with Crippen molar-refractivity contribution < 1.29 is 19.1 Å². The first-order valence-electron chi connectivity index (χ1n) is 12.1. The Kier molecular flexibility index (Phi) is 8.13. The number of carbonyl (C=O) groups is 2. The summed E-state index contributed by atoms with van der Waals surface area (Å²) in [6.45, 7) is 9.29. The van der Waals surface area contributed by atoms with Crippen LogP contribution in [0.2, 0.25) is 0 Å². The van der Waals surface area contributed by atoms with Gasteiger partial charge < -0.3 is 14.4 Å². The Bertz CT molecular complexity index is 962. The van der Waals surface area contributed by atoms with Gasteiger partial charge in [-0.3, -0.25) is 24.4 Å². The first-order chi connectivity index (χ1) is 16.5. The van der Waals surface area contributed by atoms with Crippen LogP contribution in [0.15, 0.2) is 48.8 Å². The first-order valence-corrected chi connectivity index (χ1v) is 12.1. The van der Waals surface area contributed by atoms with Crippen LogP contribution in [0, 0.1) is 5.92 Å². The molecule has 1 saturated heterocycles. The molecule has 0 radical (unpaired) electrons.